The first-order valence-corrected chi connectivity index (χ1v) is 12.7. The predicted molar refractivity (Wildman–Crippen MR) is 135 cm³/mol. The van der Waals surface area contributed by atoms with Crippen LogP contribution in [0.1, 0.15) is 34.3 Å². The maximum absolute atomic E-state index is 13.4. The summed E-state index contributed by atoms with van der Waals surface area (Å²) in [4.78, 5) is 51.0. The summed E-state index contributed by atoms with van der Waals surface area (Å²) >= 11 is 0. The highest BCUT2D eigenvalue weighted by Crippen LogP contribution is 2.45. The molecule has 5 aliphatic rings. The van der Waals surface area contributed by atoms with Crippen LogP contribution in [-0.2, 0) is 17.6 Å². The van der Waals surface area contributed by atoms with Gasteiger partial charge in [0.25, 0.3) is 5.91 Å². The summed E-state index contributed by atoms with van der Waals surface area (Å²) in [7, 11) is 1.51. The number of guanidine groups is 2. The van der Waals surface area contributed by atoms with Crippen molar-refractivity contribution in [1.82, 2.24) is 25.3 Å². The third-order valence-electron chi connectivity index (χ3n) is 8.35. The number of aryl methyl sites for hydroxylation is 1. The standard InChI is InChI=1S/C24H31N9O5/c1-31-11-17(34)32(22(31)36)9-15-18-23(30-20(25)29-18)24(37,38)16(10-33(23)21(26)27-15)28-19(35)14-8-4-6-12-5-2-3-7-13(12)14/h4,6,8,15-16,18,37-38H,2-3,5,7,9-11H2,1H3,(H2,26,27)(H,28,35)(H3,25,29,30)/t15-,16-,18?,23-/m0/s1. The van der Waals surface area contributed by atoms with E-state index < -0.39 is 47.4 Å². The number of carbonyl (C=O) groups is 3. The minimum atomic E-state index is -2.61. The Kier molecular flexibility index (Phi) is 5.33. The molecule has 1 unspecified atom stereocenters. The number of aliphatic imine (C=N–C) groups is 2. The molecule has 4 aliphatic heterocycles. The Morgan fingerprint density at radius 3 is 2.71 bits per heavy atom. The van der Waals surface area contributed by atoms with Gasteiger partial charge in [-0.3, -0.25) is 14.5 Å². The number of nitrogens with one attached hydrogen (secondary N) is 2. The van der Waals surface area contributed by atoms with Gasteiger partial charge in [-0.05, 0) is 42.9 Å². The molecule has 1 aromatic carbocycles. The number of amides is 4. The first-order chi connectivity index (χ1) is 18.0. The summed E-state index contributed by atoms with van der Waals surface area (Å²) < 4.78 is 0. The zero-order chi connectivity index (χ0) is 27.0. The van der Waals surface area contributed by atoms with Crippen LogP contribution in [0.5, 0.6) is 0 Å². The Morgan fingerprint density at radius 2 is 1.97 bits per heavy atom. The fourth-order valence-electron chi connectivity index (χ4n) is 6.50. The van der Waals surface area contributed by atoms with Gasteiger partial charge in [0.2, 0.25) is 11.7 Å². The molecule has 4 heterocycles. The molecule has 4 atom stereocenters. The number of nitrogens with zero attached hydrogens (tertiary/aromatic N) is 5. The van der Waals surface area contributed by atoms with Crippen LogP contribution in [0.4, 0.5) is 4.79 Å². The quantitative estimate of drug-likeness (QED) is 0.178. The van der Waals surface area contributed by atoms with Crippen molar-refractivity contribution in [3.63, 3.8) is 0 Å². The number of hydrogen-bond acceptors (Lipinski definition) is 11. The van der Waals surface area contributed by atoms with Crippen molar-refractivity contribution in [3.05, 3.63) is 34.9 Å². The molecule has 1 aliphatic carbocycles. The number of hydrogen-bond donors (Lipinski definition) is 6. The fraction of sp³-hybridized carbons (Fsp3) is 0.542. The van der Waals surface area contributed by atoms with Crippen molar-refractivity contribution in [1.29, 1.82) is 0 Å². The number of benzene rings is 1. The molecule has 0 radical (unpaired) electrons. The number of fused-ring (bicyclic) bond motifs is 1. The molecule has 0 aromatic heterocycles. The lowest BCUT2D eigenvalue weighted by Gasteiger charge is -2.49. The summed E-state index contributed by atoms with van der Waals surface area (Å²) in [6.45, 7) is -0.339. The molecular formula is C24H31N9O5. The Bertz CT molecular complexity index is 1300. The van der Waals surface area contributed by atoms with E-state index >= 15 is 0 Å². The van der Waals surface area contributed by atoms with Crippen molar-refractivity contribution in [2.75, 3.05) is 26.7 Å². The van der Waals surface area contributed by atoms with Gasteiger partial charge in [0.05, 0.1) is 12.6 Å². The van der Waals surface area contributed by atoms with Crippen molar-refractivity contribution in [2.45, 2.75) is 55.3 Å². The lowest BCUT2D eigenvalue weighted by molar-refractivity contribution is -0.230. The van der Waals surface area contributed by atoms with Crippen molar-refractivity contribution in [3.8, 4) is 0 Å². The molecular weight excluding hydrogens is 494 g/mol. The molecule has 8 N–H and O–H groups in total. The van der Waals surface area contributed by atoms with E-state index in [-0.39, 0.29) is 31.6 Å². The topological polar surface area (TPSA) is 202 Å². The number of nitrogens with two attached hydrogens (primary N) is 2. The van der Waals surface area contributed by atoms with Gasteiger partial charge in [-0.2, -0.15) is 0 Å². The van der Waals surface area contributed by atoms with Crippen LogP contribution in [-0.4, -0.2) is 111 Å². The largest absolute Gasteiger partial charge is 0.370 e. The molecule has 2 fully saturated rings. The number of imide groups is 1. The molecule has 38 heavy (non-hydrogen) atoms. The van der Waals surface area contributed by atoms with Crippen LogP contribution >= 0.6 is 0 Å². The summed E-state index contributed by atoms with van der Waals surface area (Å²) in [5, 5.41) is 29.0. The number of carbonyl (C=O) groups excluding carboxylic acids is 3. The summed E-state index contributed by atoms with van der Waals surface area (Å²) in [5.41, 5.74) is 13.2. The molecule has 14 nitrogen and oxygen atoms in total. The number of rotatable bonds is 4. The van der Waals surface area contributed by atoms with E-state index in [2.05, 4.69) is 20.6 Å². The Hall–Kier alpha value is -3.91. The van der Waals surface area contributed by atoms with E-state index in [4.69, 9.17) is 11.5 Å². The van der Waals surface area contributed by atoms with Crippen LogP contribution in [0.25, 0.3) is 0 Å². The van der Waals surface area contributed by atoms with Crippen molar-refractivity contribution >= 4 is 29.8 Å². The average molecular weight is 526 g/mol. The predicted octanol–water partition coefficient (Wildman–Crippen LogP) is -2.77. The lowest BCUT2D eigenvalue weighted by Crippen LogP contribution is -2.78. The van der Waals surface area contributed by atoms with E-state index in [9.17, 15) is 24.6 Å². The van der Waals surface area contributed by atoms with E-state index in [0.717, 1.165) is 41.7 Å². The Balaban J connectivity index is 1.31. The molecule has 6 rings (SSSR count). The van der Waals surface area contributed by atoms with Gasteiger partial charge in [-0.25, -0.2) is 14.8 Å². The third kappa shape index (κ3) is 3.29. The van der Waals surface area contributed by atoms with Crippen LogP contribution in [0.15, 0.2) is 28.2 Å². The number of likely N-dealkylation sites (N-methyl/N-ethyl adjacent to an activating group) is 1. The minimum Gasteiger partial charge on any atom is -0.370 e. The lowest BCUT2D eigenvalue weighted by atomic mass is 9.84. The van der Waals surface area contributed by atoms with Gasteiger partial charge >= 0.3 is 6.03 Å². The molecule has 14 heteroatoms. The van der Waals surface area contributed by atoms with Gasteiger partial charge in [-0.1, -0.05) is 12.1 Å². The molecule has 0 bridgehead atoms. The SMILES string of the molecule is CN1CC(=O)N(C[C@@H]2N=C(N)N3C[C@H](NC(=O)c4cccc5c4CCCC5)C(O)(O)[C@@]34NC(N)=NC24)C1=O. The average Bonchev–Trinajstić information content (AvgIpc) is 3.44. The van der Waals surface area contributed by atoms with Crippen LogP contribution < -0.4 is 22.1 Å². The van der Waals surface area contributed by atoms with Gasteiger partial charge in [-0.15, -0.1) is 0 Å². The van der Waals surface area contributed by atoms with Gasteiger partial charge in [0, 0.05) is 19.2 Å². The highest BCUT2D eigenvalue weighted by atomic mass is 16.5. The second-order valence-corrected chi connectivity index (χ2v) is 10.6. The van der Waals surface area contributed by atoms with E-state index in [1.165, 1.54) is 16.8 Å². The summed E-state index contributed by atoms with van der Waals surface area (Å²) in [6.07, 6.45) is 3.72. The molecule has 4 amide bonds. The normalized spacial score (nSPS) is 31.3. The Labute approximate surface area is 218 Å². The Morgan fingerprint density at radius 1 is 1.21 bits per heavy atom. The van der Waals surface area contributed by atoms with E-state index in [1.54, 1.807) is 6.07 Å². The molecule has 2 saturated heterocycles. The van der Waals surface area contributed by atoms with E-state index in [1.807, 2.05) is 12.1 Å². The zero-order valence-electron chi connectivity index (χ0n) is 20.9. The second kappa shape index (κ2) is 8.30. The van der Waals surface area contributed by atoms with Gasteiger partial charge < -0.3 is 42.1 Å². The van der Waals surface area contributed by atoms with Crippen LogP contribution in [0.3, 0.4) is 0 Å². The minimum absolute atomic E-state index is 0.0580. The molecule has 0 saturated carbocycles. The van der Waals surface area contributed by atoms with Crippen molar-refractivity contribution < 1.29 is 24.6 Å². The van der Waals surface area contributed by atoms with Crippen LogP contribution in [0, 0.1) is 0 Å². The second-order valence-electron chi connectivity index (χ2n) is 10.6. The monoisotopic (exact) mass is 525 g/mol. The molecule has 202 valence electrons. The zero-order valence-corrected chi connectivity index (χ0v) is 20.9. The summed E-state index contributed by atoms with van der Waals surface area (Å²) in [6, 6.07) is 1.96. The number of urea groups is 1. The molecule has 1 spiro atoms. The van der Waals surface area contributed by atoms with Crippen LogP contribution in [0.2, 0.25) is 0 Å². The van der Waals surface area contributed by atoms with Crippen molar-refractivity contribution in [2.24, 2.45) is 21.5 Å². The highest BCUT2D eigenvalue weighted by molar-refractivity contribution is 6.02. The number of aliphatic hydroxyl groups is 2. The van der Waals surface area contributed by atoms with E-state index in [0.29, 0.717) is 5.56 Å². The van der Waals surface area contributed by atoms with Gasteiger partial charge in [0.1, 0.15) is 18.6 Å². The smallest absolute Gasteiger partial charge is 0.327 e. The third-order valence-corrected chi connectivity index (χ3v) is 8.35. The molecule has 1 aromatic rings. The maximum Gasteiger partial charge on any atom is 0.327 e. The fourth-order valence-corrected chi connectivity index (χ4v) is 6.50. The first-order valence-electron chi connectivity index (χ1n) is 12.7. The first kappa shape index (κ1) is 24.4. The maximum atomic E-state index is 13.4. The van der Waals surface area contributed by atoms with Gasteiger partial charge in [0.15, 0.2) is 17.6 Å². The highest BCUT2D eigenvalue weighted by Gasteiger charge is 2.73. The summed E-state index contributed by atoms with van der Waals surface area (Å²) in [5.74, 6) is -3.58.